The monoisotopic (exact) mass is 388 g/mol. The number of thiazole rings is 1. The summed E-state index contributed by atoms with van der Waals surface area (Å²) in [5.74, 6) is 1.23. The molecule has 2 aromatic carbocycles. The van der Waals surface area contributed by atoms with Crippen LogP contribution in [0.2, 0.25) is 0 Å². The van der Waals surface area contributed by atoms with Crippen molar-refractivity contribution in [1.82, 2.24) is 4.57 Å². The first-order valence-electron chi connectivity index (χ1n) is 8.11. The van der Waals surface area contributed by atoms with E-state index >= 15 is 0 Å². The largest absolute Gasteiger partial charge is 0.495 e. The second kappa shape index (κ2) is 7.97. The highest BCUT2D eigenvalue weighted by molar-refractivity contribution is 7.98. The topological polar surface area (TPSA) is 52.8 Å². The Morgan fingerprint density at radius 2 is 1.85 bits per heavy atom. The van der Waals surface area contributed by atoms with Crippen molar-refractivity contribution in [2.45, 2.75) is 18.4 Å². The molecule has 26 heavy (non-hydrogen) atoms. The molecule has 0 fully saturated rings. The maximum absolute atomic E-state index is 12.8. The van der Waals surface area contributed by atoms with Crippen molar-refractivity contribution in [2.75, 3.05) is 20.5 Å². The number of rotatable bonds is 5. The maximum atomic E-state index is 12.8. The molecule has 5 nitrogen and oxygen atoms in total. The Bertz CT molecular complexity index is 1020. The van der Waals surface area contributed by atoms with E-state index in [4.69, 9.17) is 9.47 Å². The van der Waals surface area contributed by atoms with E-state index in [0.29, 0.717) is 16.9 Å². The predicted octanol–water partition coefficient (Wildman–Crippen LogP) is 4.20. The highest BCUT2D eigenvalue weighted by Crippen LogP contribution is 2.35. The Kier molecular flexibility index (Phi) is 5.68. The van der Waals surface area contributed by atoms with Crippen LogP contribution in [0.15, 0.2) is 46.3 Å². The maximum Gasteiger partial charge on any atom is 0.280 e. The quantitative estimate of drug-likeness (QED) is 0.615. The van der Waals surface area contributed by atoms with E-state index < -0.39 is 0 Å². The molecule has 0 aliphatic rings. The van der Waals surface area contributed by atoms with E-state index in [-0.39, 0.29) is 5.91 Å². The van der Waals surface area contributed by atoms with Gasteiger partial charge in [-0.05, 0) is 37.4 Å². The fourth-order valence-electron chi connectivity index (χ4n) is 2.80. The van der Waals surface area contributed by atoms with Gasteiger partial charge in [-0.1, -0.05) is 23.5 Å². The molecule has 0 unspecified atom stereocenters. The predicted molar refractivity (Wildman–Crippen MR) is 107 cm³/mol. The summed E-state index contributed by atoms with van der Waals surface area (Å²) in [6, 6.07) is 11.2. The van der Waals surface area contributed by atoms with Gasteiger partial charge in [0.25, 0.3) is 5.91 Å². The van der Waals surface area contributed by atoms with Crippen molar-refractivity contribution in [3.63, 3.8) is 0 Å². The number of methoxy groups -OCH3 is 2. The van der Waals surface area contributed by atoms with Crippen molar-refractivity contribution in [3.8, 4) is 11.5 Å². The lowest BCUT2D eigenvalue weighted by molar-refractivity contribution is 0.0995. The number of carbonyl (C=O) groups is 1. The van der Waals surface area contributed by atoms with E-state index in [2.05, 4.69) is 4.99 Å². The number of hydrogen-bond acceptors (Lipinski definition) is 5. The van der Waals surface area contributed by atoms with E-state index in [1.807, 2.05) is 54.1 Å². The fraction of sp³-hybridized carbons (Fsp3) is 0.263. The Balaban J connectivity index is 2.24. The number of nitrogens with zero attached hydrogens (tertiary/aromatic N) is 2. The van der Waals surface area contributed by atoms with Crippen molar-refractivity contribution in [3.05, 3.63) is 46.8 Å². The number of carbonyl (C=O) groups excluding carboxylic acids is 1. The lowest BCUT2D eigenvalue weighted by atomic mass is 10.2. The minimum Gasteiger partial charge on any atom is -0.495 e. The number of fused-ring (bicyclic) bond motifs is 1. The van der Waals surface area contributed by atoms with Gasteiger partial charge in [-0.15, -0.1) is 11.8 Å². The molecule has 0 bridgehead atoms. The van der Waals surface area contributed by atoms with Gasteiger partial charge in [0.05, 0.1) is 19.8 Å². The number of benzene rings is 2. The molecule has 7 heteroatoms. The molecule has 0 aliphatic carbocycles. The van der Waals surface area contributed by atoms with Gasteiger partial charge in [0, 0.05) is 11.4 Å². The second-order valence-electron chi connectivity index (χ2n) is 5.39. The molecule has 0 aliphatic heterocycles. The van der Waals surface area contributed by atoms with Gasteiger partial charge < -0.3 is 14.0 Å². The summed E-state index contributed by atoms with van der Waals surface area (Å²) in [6.07, 6.45) is 1.95. The van der Waals surface area contributed by atoms with Crippen LogP contribution >= 0.6 is 23.1 Å². The molecule has 3 rings (SSSR count). The standard InChI is InChI=1S/C19H20N2O3S2/c1-5-21-16-13(23-2)10-11-14(24-3)17(16)26-19(21)20-18(22)12-8-6-7-9-15(12)25-4/h6-11H,5H2,1-4H3. The zero-order valence-electron chi connectivity index (χ0n) is 15.1. The minimum absolute atomic E-state index is 0.248. The van der Waals surface area contributed by atoms with Gasteiger partial charge in [0.2, 0.25) is 0 Å². The zero-order valence-corrected chi connectivity index (χ0v) is 16.7. The average Bonchev–Trinajstić information content (AvgIpc) is 3.05. The van der Waals surface area contributed by atoms with Gasteiger partial charge in [0.1, 0.15) is 21.7 Å². The van der Waals surface area contributed by atoms with Crippen LogP contribution in [0.3, 0.4) is 0 Å². The fourth-order valence-corrected chi connectivity index (χ4v) is 4.59. The van der Waals surface area contributed by atoms with Crippen LogP contribution in [-0.2, 0) is 6.54 Å². The van der Waals surface area contributed by atoms with E-state index in [0.717, 1.165) is 26.6 Å². The Morgan fingerprint density at radius 1 is 1.15 bits per heavy atom. The van der Waals surface area contributed by atoms with Crippen molar-refractivity contribution in [2.24, 2.45) is 4.99 Å². The Morgan fingerprint density at radius 3 is 2.50 bits per heavy atom. The van der Waals surface area contributed by atoms with Crippen LogP contribution in [-0.4, -0.2) is 30.9 Å². The normalized spacial score (nSPS) is 11.8. The molecule has 136 valence electrons. The second-order valence-corrected chi connectivity index (χ2v) is 7.22. The summed E-state index contributed by atoms with van der Waals surface area (Å²) >= 11 is 2.97. The first-order valence-corrected chi connectivity index (χ1v) is 10.1. The zero-order chi connectivity index (χ0) is 18.7. The Hall–Kier alpha value is -2.25. The van der Waals surface area contributed by atoms with Crippen LogP contribution in [0.1, 0.15) is 17.3 Å². The van der Waals surface area contributed by atoms with Gasteiger partial charge in [0.15, 0.2) is 4.80 Å². The lowest BCUT2D eigenvalue weighted by Crippen LogP contribution is -2.16. The lowest BCUT2D eigenvalue weighted by Gasteiger charge is -2.08. The number of amides is 1. The third-order valence-corrected chi connectivity index (χ3v) is 5.93. The van der Waals surface area contributed by atoms with Crippen LogP contribution < -0.4 is 14.3 Å². The summed E-state index contributed by atoms with van der Waals surface area (Å²) in [5.41, 5.74) is 1.50. The molecule has 0 saturated heterocycles. The summed E-state index contributed by atoms with van der Waals surface area (Å²) in [7, 11) is 3.27. The molecule has 0 atom stereocenters. The van der Waals surface area contributed by atoms with Crippen molar-refractivity contribution >= 4 is 39.2 Å². The summed E-state index contributed by atoms with van der Waals surface area (Å²) in [4.78, 5) is 18.8. The smallest absolute Gasteiger partial charge is 0.280 e. The number of ether oxygens (including phenoxy) is 2. The minimum atomic E-state index is -0.248. The van der Waals surface area contributed by atoms with Gasteiger partial charge in [-0.3, -0.25) is 4.79 Å². The molecule has 0 spiro atoms. The van der Waals surface area contributed by atoms with Gasteiger partial charge >= 0.3 is 0 Å². The van der Waals surface area contributed by atoms with Crippen LogP contribution in [0.25, 0.3) is 10.2 Å². The highest BCUT2D eigenvalue weighted by Gasteiger charge is 2.16. The SMILES string of the molecule is CCn1c(=NC(=O)c2ccccc2SC)sc2c(OC)ccc(OC)c21. The van der Waals surface area contributed by atoms with E-state index in [1.165, 1.54) is 23.1 Å². The Labute approximate surface area is 160 Å². The van der Waals surface area contributed by atoms with Gasteiger partial charge in [-0.25, -0.2) is 0 Å². The molecule has 0 radical (unpaired) electrons. The molecule has 1 aromatic heterocycles. The molecular weight excluding hydrogens is 368 g/mol. The van der Waals surface area contributed by atoms with Gasteiger partial charge in [-0.2, -0.15) is 4.99 Å². The highest BCUT2D eigenvalue weighted by atomic mass is 32.2. The van der Waals surface area contributed by atoms with Crippen molar-refractivity contribution in [1.29, 1.82) is 0 Å². The van der Waals surface area contributed by atoms with Crippen LogP contribution in [0.5, 0.6) is 11.5 Å². The number of thioether (sulfide) groups is 1. The van der Waals surface area contributed by atoms with Crippen LogP contribution in [0.4, 0.5) is 0 Å². The first kappa shape index (κ1) is 18.5. The van der Waals surface area contributed by atoms with Crippen LogP contribution in [0, 0.1) is 0 Å². The summed E-state index contributed by atoms with van der Waals surface area (Å²) in [6.45, 7) is 2.68. The number of aryl methyl sites for hydroxylation is 1. The first-order chi connectivity index (χ1) is 12.6. The third-order valence-electron chi connectivity index (χ3n) is 4.04. The third kappa shape index (κ3) is 3.24. The van der Waals surface area contributed by atoms with Crippen molar-refractivity contribution < 1.29 is 14.3 Å². The number of hydrogen-bond donors (Lipinski definition) is 0. The molecule has 0 N–H and O–H groups in total. The molecule has 3 aromatic rings. The number of aromatic nitrogens is 1. The molecular formula is C19H20N2O3S2. The van der Waals surface area contributed by atoms with E-state index in [1.54, 1.807) is 14.2 Å². The molecule has 0 saturated carbocycles. The summed E-state index contributed by atoms with van der Waals surface area (Å²) in [5, 5.41) is 0. The average molecular weight is 389 g/mol. The molecule has 1 amide bonds. The molecule has 1 heterocycles. The summed E-state index contributed by atoms with van der Waals surface area (Å²) < 4.78 is 13.9. The van der Waals surface area contributed by atoms with E-state index in [9.17, 15) is 4.79 Å².